The normalized spacial score (nSPS) is 17.0. The van der Waals surface area contributed by atoms with Gasteiger partial charge in [-0.1, -0.05) is 0 Å². The maximum absolute atomic E-state index is 7.69. The quantitative estimate of drug-likeness (QED) is 0.184. The first kappa shape index (κ1) is 22.9. The minimum atomic E-state index is -3.58. The molecule has 0 amide bonds. The number of fused-ring (bicyclic) bond motifs is 4. The molecule has 0 saturated heterocycles. The molecule has 2 aliphatic rings. The maximum atomic E-state index is 7.69. The Bertz CT molecular complexity index is 1200. The van der Waals surface area contributed by atoms with Crippen molar-refractivity contribution in [1.29, 1.82) is 0 Å². The van der Waals surface area contributed by atoms with Crippen LogP contribution in [0.1, 0.15) is 54.2 Å². The molecule has 0 fully saturated rings. The summed E-state index contributed by atoms with van der Waals surface area (Å²) in [7, 11) is 15.1. The number of halogens is 2. The summed E-state index contributed by atoms with van der Waals surface area (Å²) in [6.45, 7) is 9.45. The van der Waals surface area contributed by atoms with Crippen molar-refractivity contribution in [3.63, 3.8) is 0 Å². The molecule has 164 valence electrons. The summed E-state index contributed by atoms with van der Waals surface area (Å²) in [5, 5.41) is 1.52. The molecule has 3 aromatic carbocycles. The molecular weight excluding hydrogens is 486 g/mol. The summed E-state index contributed by atoms with van der Waals surface area (Å²) in [5.74, 6) is 0. The molecule has 1 unspecified atom stereocenters. The van der Waals surface area contributed by atoms with Crippen LogP contribution in [-0.2, 0) is 20.9 Å². The summed E-state index contributed by atoms with van der Waals surface area (Å²) in [6.07, 6.45) is 3.37. The predicted octanol–water partition coefficient (Wildman–Crippen LogP) is 8.74. The second-order valence-corrected chi connectivity index (χ2v) is 22.3. The molecule has 32 heavy (non-hydrogen) atoms. The average Bonchev–Trinajstić information content (AvgIpc) is 3.31. The van der Waals surface area contributed by atoms with Gasteiger partial charge in [0.2, 0.25) is 0 Å². The van der Waals surface area contributed by atoms with E-state index in [0.29, 0.717) is 11.3 Å². The van der Waals surface area contributed by atoms with Crippen LogP contribution >= 0.6 is 26.5 Å². The Kier molecular flexibility index (Phi) is 6.24. The van der Waals surface area contributed by atoms with Crippen molar-refractivity contribution in [1.82, 2.24) is 0 Å². The van der Waals surface area contributed by atoms with Crippen LogP contribution in [0.5, 0.6) is 0 Å². The first-order valence-corrected chi connectivity index (χ1v) is 18.9. The third kappa shape index (κ3) is 3.68. The number of hydrogen-bond donors (Lipinski definition) is 0. The van der Waals surface area contributed by atoms with Crippen LogP contribution in [0, 0.1) is 0 Å². The Hall–Kier alpha value is -0.876. The molecular formula is C28H29Cl2PTi. The molecule has 0 saturated carbocycles. The molecule has 4 heteroatoms. The predicted molar refractivity (Wildman–Crippen MR) is 140 cm³/mol. The second-order valence-electron chi connectivity index (χ2n) is 9.51. The van der Waals surface area contributed by atoms with Crippen molar-refractivity contribution in [3.05, 3.63) is 94.3 Å². The molecule has 3 aromatic rings. The molecule has 0 spiro atoms. The summed E-state index contributed by atoms with van der Waals surface area (Å²) >= 11 is -3.58. The van der Waals surface area contributed by atoms with Crippen LogP contribution in [-0.4, -0.2) is 11.3 Å². The second kappa shape index (κ2) is 8.72. The molecule has 0 aromatic heterocycles. The van der Waals surface area contributed by atoms with Crippen molar-refractivity contribution in [2.45, 2.75) is 49.7 Å². The van der Waals surface area contributed by atoms with Gasteiger partial charge in [-0.05, 0) is 0 Å². The molecule has 0 nitrogen and oxygen atoms in total. The molecule has 1 atom stereocenters. The van der Waals surface area contributed by atoms with Gasteiger partial charge in [0, 0.05) is 0 Å². The van der Waals surface area contributed by atoms with E-state index in [9.17, 15) is 0 Å². The van der Waals surface area contributed by atoms with E-state index >= 15 is 0 Å². The van der Waals surface area contributed by atoms with E-state index in [1.54, 1.807) is 0 Å². The fraction of sp³-hybridized carbons (Fsp3) is 0.286. The monoisotopic (exact) mass is 514 g/mol. The van der Waals surface area contributed by atoms with Gasteiger partial charge in [0.25, 0.3) is 0 Å². The summed E-state index contributed by atoms with van der Waals surface area (Å²) in [6, 6.07) is 24.2. The van der Waals surface area contributed by atoms with Crippen molar-refractivity contribution in [3.8, 4) is 11.1 Å². The molecule has 0 bridgehead atoms. The third-order valence-electron chi connectivity index (χ3n) is 6.89. The van der Waals surface area contributed by atoms with E-state index < -0.39 is 14.5 Å². The van der Waals surface area contributed by atoms with Gasteiger partial charge in [-0.15, -0.1) is 0 Å². The van der Waals surface area contributed by atoms with Crippen LogP contribution in [0.2, 0.25) is 0 Å². The SMILES string of the molecule is CC(C)P(C1=Cc2ccccc2[CH]1[Ti]([Cl])([Cl])[c]1cccc2c1Cc1ccccc1-2)C(C)C. The van der Waals surface area contributed by atoms with E-state index in [4.69, 9.17) is 18.6 Å². The zero-order valence-corrected chi connectivity index (χ0v) is 23.0. The zero-order chi connectivity index (χ0) is 22.6. The summed E-state index contributed by atoms with van der Waals surface area (Å²) in [5.41, 5.74) is 9.27. The van der Waals surface area contributed by atoms with Gasteiger partial charge >= 0.3 is 206 Å². The molecule has 0 aliphatic heterocycles. The molecule has 0 radical (unpaired) electrons. The fourth-order valence-electron chi connectivity index (χ4n) is 5.73. The number of allylic oxidation sites excluding steroid dienone is 1. The number of rotatable bonds is 5. The summed E-state index contributed by atoms with van der Waals surface area (Å²) in [4.78, 5) is 0. The van der Waals surface area contributed by atoms with Crippen LogP contribution in [0.25, 0.3) is 17.2 Å². The minimum absolute atomic E-state index is 0.153. The van der Waals surface area contributed by atoms with Crippen LogP contribution < -0.4 is 3.87 Å². The van der Waals surface area contributed by atoms with Crippen molar-refractivity contribution >= 4 is 36.5 Å². The number of hydrogen-bond acceptors (Lipinski definition) is 0. The Morgan fingerprint density at radius 3 is 2.22 bits per heavy atom. The first-order valence-electron chi connectivity index (χ1n) is 11.5. The fourth-order valence-corrected chi connectivity index (χ4v) is 18.1. The topological polar surface area (TPSA) is 0 Å². The van der Waals surface area contributed by atoms with Gasteiger partial charge in [-0.3, -0.25) is 0 Å². The Morgan fingerprint density at radius 1 is 0.812 bits per heavy atom. The van der Waals surface area contributed by atoms with Gasteiger partial charge in [-0.2, -0.15) is 0 Å². The van der Waals surface area contributed by atoms with Crippen molar-refractivity contribution in [2.24, 2.45) is 0 Å². The molecule has 5 rings (SSSR count). The van der Waals surface area contributed by atoms with E-state index in [-0.39, 0.29) is 12.1 Å². The van der Waals surface area contributed by atoms with Gasteiger partial charge in [0.05, 0.1) is 0 Å². The van der Waals surface area contributed by atoms with Crippen LogP contribution in [0.4, 0.5) is 0 Å². The van der Waals surface area contributed by atoms with E-state index in [0.717, 1.165) is 6.42 Å². The van der Waals surface area contributed by atoms with Gasteiger partial charge in [0.1, 0.15) is 0 Å². The first-order chi connectivity index (χ1) is 15.3. The summed E-state index contributed by atoms with van der Waals surface area (Å²) < 4.78 is 1.40. The Morgan fingerprint density at radius 2 is 1.47 bits per heavy atom. The Labute approximate surface area is 204 Å². The van der Waals surface area contributed by atoms with E-state index in [1.165, 1.54) is 42.6 Å². The Balaban J connectivity index is 1.67. The van der Waals surface area contributed by atoms with Gasteiger partial charge < -0.3 is 0 Å². The molecule has 0 heterocycles. The van der Waals surface area contributed by atoms with Gasteiger partial charge in [-0.25, -0.2) is 0 Å². The van der Waals surface area contributed by atoms with Gasteiger partial charge in [0.15, 0.2) is 0 Å². The molecule has 0 N–H and O–H groups in total. The van der Waals surface area contributed by atoms with E-state index in [2.05, 4.69) is 101 Å². The van der Waals surface area contributed by atoms with Crippen molar-refractivity contribution in [2.75, 3.05) is 0 Å². The standard InChI is InChI=1S/C15H20P.C13H9.2ClH.Ti/c1-11(2)16(12(3)4)15-9-13-7-5-6-8-14(13)10-15;1-3-7-12-10(5-1)9-11-6-2-4-8-13(11)12;;;/h5-12H,1-4H3;1-5,7-8H,9H2;2*1H;/q;;;;+2/p-2. The van der Waals surface area contributed by atoms with Crippen LogP contribution in [0.15, 0.2) is 72.0 Å². The number of benzene rings is 3. The van der Waals surface area contributed by atoms with Crippen LogP contribution in [0.3, 0.4) is 0 Å². The third-order valence-corrected chi connectivity index (χ3v) is 17.9. The van der Waals surface area contributed by atoms with Crippen molar-refractivity contribution < 1.29 is 14.5 Å². The zero-order valence-electron chi connectivity index (χ0n) is 19.1. The average molecular weight is 515 g/mol. The molecule has 2 aliphatic carbocycles. The van der Waals surface area contributed by atoms with E-state index in [1.807, 2.05) is 0 Å².